The second kappa shape index (κ2) is 5.30. The van der Waals surface area contributed by atoms with Crippen molar-refractivity contribution in [1.82, 2.24) is 20.2 Å². The quantitative estimate of drug-likeness (QED) is 0.773. The summed E-state index contributed by atoms with van der Waals surface area (Å²) in [6, 6.07) is 19.8. The smallest absolute Gasteiger partial charge is 0.175 e. The number of anilines is 1. The molecule has 3 aromatic rings. The van der Waals surface area contributed by atoms with E-state index in [0.717, 1.165) is 17.2 Å². The second-order valence-corrected chi connectivity index (χ2v) is 4.06. The number of aromatic nitrogens is 4. The lowest BCUT2D eigenvalue weighted by atomic mass is 10.3. The number of nitrogens with zero attached hydrogens (tertiary/aromatic N) is 4. The highest BCUT2D eigenvalue weighted by atomic mass is 15.5. The van der Waals surface area contributed by atoms with Crippen molar-refractivity contribution in [3.8, 4) is 5.69 Å². The predicted octanol–water partition coefficient (Wildman–Crippen LogP) is 2.27. The molecule has 1 N–H and O–H groups in total. The molecule has 5 nitrogen and oxygen atoms in total. The summed E-state index contributed by atoms with van der Waals surface area (Å²) in [5.41, 5.74) is 2.00. The van der Waals surface area contributed by atoms with E-state index in [-0.39, 0.29) is 0 Å². The van der Waals surface area contributed by atoms with E-state index in [9.17, 15) is 0 Å². The maximum absolute atomic E-state index is 4.05. The lowest BCUT2D eigenvalue weighted by molar-refractivity contribution is 0.768. The SMILES string of the molecule is c1ccc(NCc2nnnn2-c2ccccc2)cc1. The number of rotatable bonds is 4. The molecule has 0 aliphatic heterocycles. The van der Waals surface area contributed by atoms with E-state index < -0.39 is 0 Å². The Kier molecular flexibility index (Phi) is 3.18. The van der Waals surface area contributed by atoms with Gasteiger partial charge in [0.2, 0.25) is 0 Å². The predicted molar refractivity (Wildman–Crippen MR) is 72.9 cm³/mol. The highest BCUT2D eigenvalue weighted by Gasteiger charge is 2.07. The molecule has 0 atom stereocenters. The van der Waals surface area contributed by atoms with Crippen LogP contribution in [0.3, 0.4) is 0 Å². The normalized spacial score (nSPS) is 10.3. The molecule has 0 spiro atoms. The fourth-order valence-corrected chi connectivity index (χ4v) is 1.82. The number of tetrazole rings is 1. The third-order valence-corrected chi connectivity index (χ3v) is 2.76. The Balaban J connectivity index is 1.78. The molecule has 94 valence electrons. The second-order valence-electron chi connectivity index (χ2n) is 4.06. The maximum atomic E-state index is 4.05. The van der Waals surface area contributed by atoms with Crippen molar-refractivity contribution in [3.05, 3.63) is 66.5 Å². The van der Waals surface area contributed by atoms with Crippen LogP contribution < -0.4 is 5.32 Å². The summed E-state index contributed by atoms with van der Waals surface area (Å²) in [5, 5.41) is 15.1. The molecule has 0 saturated carbocycles. The zero-order chi connectivity index (χ0) is 12.9. The Morgan fingerprint density at radius 1 is 0.895 bits per heavy atom. The Morgan fingerprint density at radius 2 is 1.58 bits per heavy atom. The molecule has 3 rings (SSSR count). The molecule has 1 aromatic heterocycles. The maximum Gasteiger partial charge on any atom is 0.175 e. The van der Waals surface area contributed by atoms with Gasteiger partial charge >= 0.3 is 0 Å². The third kappa shape index (κ3) is 2.60. The summed E-state index contributed by atoms with van der Waals surface area (Å²) in [6.07, 6.45) is 0. The van der Waals surface area contributed by atoms with Gasteiger partial charge in [0.1, 0.15) is 0 Å². The summed E-state index contributed by atoms with van der Waals surface area (Å²) in [5.74, 6) is 0.773. The van der Waals surface area contributed by atoms with Crippen LogP contribution in [0.1, 0.15) is 5.82 Å². The van der Waals surface area contributed by atoms with Crippen LogP contribution in [0, 0.1) is 0 Å². The van der Waals surface area contributed by atoms with Crippen molar-refractivity contribution in [2.75, 3.05) is 5.32 Å². The van der Waals surface area contributed by atoms with E-state index in [0.29, 0.717) is 6.54 Å². The standard InChI is InChI=1S/C14H13N5/c1-3-7-12(8-4-1)15-11-14-16-17-18-19(14)13-9-5-2-6-10-13/h1-10,15H,11H2. The summed E-state index contributed by atoms with van der Waals surface area (Å²) >= 11 is 0. The molecule has 0 bridgehead atoms. The van der Waals surface area contributed by atoms with Crippen LogP contribution in [0.15, 0.2) is 60.7 Å². The lowest BCUT2D eigenvalue weighted by Crippen LogP contribution is -2.08. The molecule has 0 aliphatic carbocycles. The van der Waals surface area contributed by atoms with Gasteiger partial charge in [-0.05, 0) is 34.7 Å². The molecule has 1 heterocycles. The summed E-state index contributed by atoms with van der Waals surface area (Å²) in [7, 11) is 0. The molecule has 0 fully saturated rings. The first-order valence-corrected chi connectivity index (χ1v) is 6.05. The minimum absolute atomic E-state index is 0.575. The van der Waals surface area contributed by atoms with E-state index >= 15 is 0 Å². The van der Waals surface area contributed by atoms with Crippen molar-refractivity contribution >= 4 is 5.69 Å². The average molecular weight is 251 g/mol. The molecule has 0 unspecified atom stereocenters. The first kappa shape index (κ1) is 11.4. The Hall–Kier alpha value is -2.69. The van der Waals surface area contributed by atoms with Gasteiger partial charge in [0, 0.05) is 5.69 Å². The minimum atomic E-state index is 0.575. The third-order valence-electron chi connectivity index (χ3n) is 2.76. The van der Waals surface area contributed by atoms with Gasteiger partial charge in [0.15, 0.2) is 5.82 Å². The van der Waals surface area contributed by atoms with Crippen LogP contribution in [-0.2, 0) is 6.54 Å². The van der Waals surface area contributed by atoms with E-state index in [1.165, 1.54) is 0 Å². The number of hydrogen-bond donors (Lipinski definition) is 1. The first-order chi connectivity index (χ1) is 9.43. The molecular weight excluding hydrogens is 238 g/mol. The monoisotopic (exact) mass is 251 g/mol. The van der Waals surface area contributed by atoms with Crippen LogP contribution in [0.25, 0.3) is 5.69 Å². The molecule has 2 aromatic carbocycles. The highest BCUT2D eigenvalue weighted by molar-refractivity contribution is 5.42. The van der Waals surface area contributed by atoms with E-state index in [1.54, 1.807) is 4.68 Å². The zero-order valence-corrected chi connectivity index (χ0v) is 10.3. The van der Waals surface area contributed by atoms with Gasteiger partial charge in [-0.1, -0.05) is 36.4 Å². The molecule has 0 aliphatic rings. The first-order valence-electron chi connectivity index (χ1n) is 6.05. The van der Waals surface area contributed by atoms with Crippen molar-refractivity contribution in [2.24, 2.45) is 0 Å². The van der Waals surface area contributed by atoms with Crippen LogP contribution >= 0.6 is 0 Å². The average Bonchev–Trinajstić information content (AvgIpc) is 2.95. The van der Waals surface area contributed by atoms with Gasteiger partial charge in [-0.25, -0.2) is 0 Å². The molecule has 19 heavy (non-hydrogen) atoms. The van der Waals surface area contributed by atoms with E-state index in [1.807, 2.05) is 60.7 Å². The molecule has 0 amide bonds. The van der Waals surface area contributed by atoms with Gasteiger partial charge in [0.05, 0.1) is 12.2 Å². The molecular formula is C14H13N5. The zero-order valence-electron chi connectivity index (χ0n) is 10.3. The Labute approximate surface area is 110 Å². The highest BCUT2D eigenvalue weighted by Crippen LogP contribution is 2.10. The van der Waals surface area contributed by atoms with Crippen molar-refractivity contribution in [1.29, 1.82) is 0 Å². The van der Waals surface area contributed by atoms with E-state index in [2.05, 4.69) is 20.8 Å². The molecule has 5 heteroatoms. The van der Waals surface area contributed by atoms with Gasteiger partial charge in [-0.15, -0.1) is 5.10 Å². The number of hydrogen-bond acceptors (Lipinski definition) is 4. The molecule has 0 radical (unpaired) electrons. The van der Waals surface area contributed by atoms with Crippen molar-refractivity contribution < 1.29 is 0 Å². The minimum Gasteiger partial charge on any atom is -0.378 e. The number of nitrogens with one attached hydrogen (secondary N) is 1. The lowest BCUT2D eigenvalue weighted by Gasteiger charge is -2.06. The van der Waals surface area contributed by atoms with Gasteiger partial charge in [0.25, 0.3) is 0 Å². The fraction of sp³-hybridized carbons (Fsp3) is 0.0714. The number of benzene rings is 2. The Bertz CT molecular complexity index is 633. The van der Waals surface area contributed by atoms with Gasteiger partial charge in [-0.2, -0.15) is 4.68 Å². The van der Waals surface area contributed by atoms with Crippen LogP contribution in [-0.4, -0.2) is 20.2 Å². The van der Waals surface area contributed by atoms with Crippen molar-refractivity contribution in [2.45, 2.75) is 6.54 Å². The largest absolute Gasteiger partial charge is 0.378 e. The topological polar surface area (TPSA) is 55.6 Å². The van der Waals surface area contributed by atoms with Gasteiger partial charge < -0.3 is 5.32 Å². The van der Waals surface area contributed by atoms with Gasteiger partial charge in [-0.3, -0.25) is 0 Å². The Morgan fingerprint density at radius 3 is 2.32 bits per heavy atom. The van der Waals surface area contributed by atoms with Crippen LogP contribution in [0.2, 0.25) is 0 Å². The van der Waals surface area contributed by atoms with Crippen LogP contribution in [0.5, 0.6) is 0 Å². The summed E-state index contributed by atoms with van der Waals surface area (Å²) in [4.78, 5) is 0. The van der Waals surface area contributed by atoms with E-state index in [4.69, 9.17) is 0 Å². The molecule has 0 saturated heterocycles. The number of para-hydroxylation sites is 2. The van der Waals surface area contributed by atoms with Crippen LogP contribution in [0.4, 0.5) is 5.69 Å². The summed E-state index contributed by atoms with van der Waals surface area (Å²) < 4.78 is 1.73. The fourth-order valence-electron chi connectivity index (χ4n) is 1.82. The van der Waals surface area contributed by atoms with Crippen molar-refractivity contribution in [3.63, 3.8) is 0 Å². The summed E-state index contributed by atoms with van der Waals surface area (Å²) in [6.45, 7) is 0.575.